The van der Waals surface area contributed by atoms with Crippen LogP contribution < -0.4 is 0 Å². The van der Waals surface area contributed by atoms with Crippen LogP contribution in [0.5, 0.6) is 0 Å². The first-order valence-corrected chi connectivity index (χ1v) is 6.62. The molecule has 0 aromatic rings. The van der Waals surface area contributed by atoms with Gasteiger partial charge in [-0.3, -0.25) is 4.55 Å². The number of rotatable bonds is 5. The third-order valence-electron chi connectivity index (χ3n) is 1.57. The van der Waals surface area contributed by atoms with Crippen molar-refractivity contribution < 1.29 is 13.0 Å². The second-order valence-corrected chi connectivity index (χ2v) is 5.59. The molecule has 0 spiro atoms. The summed E-state index contributed by atoms with van der Waals surface area (Å²) in [6, 6.07) is 0. The third-order valence-corrected chi connectivity index (χ3v) is 4.22. The predicted octanol–water partition coefficient (Wildman–Crippen LogP) is 2.12. The molecule has 14 heavy (non-hydrogen) atoms. The summed E-state index contributed by atoms with van der Waals surface area (Å²) in [7, 11) is -4.41. The first-order chi connectivity index (χ1) is 6.21. The fourth-order valence-electron chi connectivity index (χ4n) is 0.831. The summed E-state index contributed by atoms with van der Waals surface area (Å²) in [5.74, 6) is -0.148. The van der Waals surface area contributed by atoms with Gasteiger partial charge in [-0.2, -0.15) is 8.42 Å². The van der Waals surface area contributed by atoms with Crippen LogP contribution in [0.25, 0.3) is 0 Å². The average Bonchev–Trinajstić information content (AvgIpc) is 1.99. The molecule has 4 nitrogen and oxygen atoms in total. The van der Waals surface area contributed by atoms with E-state index in [1.807, 2.05) is 0 Å². The summed E-state index contributed by atoms with van der Waals surface area (Å²) < 4.78 is 31.3. The Balaban J connectivity index is 4.86. The quantitative estimate of drug-likeness (QED) is 0.478. The van der Waals surface area contributed by atoms with E-state index in [1.54, 1.807) is 6.92 Å². The largest absolute Gasteiger partial charge is 0.338 e. The van der Waals surface area contributed by atoms with Crippen LogP contribution in [0.3, 0.4) is 0 Å². The van der Waals surface area contributed by atoms with Crippen LogP contribution in [0.15, 0.2) is 0 Å². The van der Waals surface area contributed by atoms with Gasteiger partial charge in [-0.15, -0.1) is 39.1 Å². The second kappa shape index (κ2) is 5.72. The summed E-state index contributed by atoms with van der Waals surface area (Å²) in [6.45, 7) is 3.05. The Labute approximate surface area is 99.0 Å². The Kier molecular flexibility index (Phi) is 6.03. The van der Waals surface area contributed by atoms with Crippen LogP contribution in [0.2, 0.25) is 0 Å². The van der Waals surface area contributed by atoms with Crippen molar-refractivity contribution in [1.82, 2.24) is 4.31 Å². The van der Waals surface area contributed by atoms with Gasteiger partial charge in [0.05, 0.1) is 5.50 Å². The topological polar surface area (TPSA) is 57.6 Å². The van der Waals surface area contributed by atoms with E-state index in [0.29, 0.717) is 4.31 Å². The molecule has 0 radical (unpaired) electrons. The van der Waals surface area contributed by atoms with Gasteiger partial charge in [0.15, 0.2) is 0 Å². The zero-order chi connectivity index (χ0) is 11.5. The summed E-state index contributed by atoms with van der Waals surface area (Å²) in [4.78, 5) is 0. The van der Waals surface area contributed by atoms with Crippen molar-refractivity contribution in [1.29, 1.82) is 0 Å². The van der Waals surface area contributed by atoms with E-state index in [0.717, 1.165) is 0 Å². The highest BCUT2D eigenvalue weighted by molar-refractivity contribution is 7.83. The second-order valence-electron chi connectivity index (χ2n) is 2.89. The van der Waals surface area contributed by atoms with Crippen LogP contribution in [0.1, 0.15) is 13.8 Å². The first kappa shape index (κ1) is 14.7. The summed E-state index contributed by atoms with van der Waals surface area (Å²) >= 11 is 16.9. The molecule has 0 heterocycles. The lowest BCUT2D eigenvalue weighted by Crippen LogP contribution is -2.44. The minimum absolute atomic E-state index is 0.170. The van der Waals surface area contributed by atoms with Crippen LogP contribution in [-0.4, -0.2) is 34.2 Å². The van der Waals surface area contributed by atoms with Gasteiger partial charge in [-0.05, 0) is 6.92 Å². The molecular weight excluding hydrogens is 272 g/mol. The Morgan fingerprint density at radius 2 is 1.79 bits per heavy atom. The van der Waals surface area contributed by atoms with Gasteiger partial charge in [0.2, 0.25) is 0 Å². The van der Waals surface area contributed by atoms with Crippen molar-refractivity contribution in [3.05, 3.63) is 0 Å². The van der Waals surface area contributed by atoms with E-state index >= 15 is 0 Å². The maximum Gasteiger partial charge on any atom is 0.338 e. The van der Waals surface area contributed by atoms with Crippen molar-refractivity contribution in [3.8, 4) is 0 Å². The molecule has 0 aliphatic heterocycles. The SMILES string of the molecule is CC(CCl)C(Cl)N(C(C)Cl)S(=O)(=O)O. The molecular formula is C6H12Cl3NO3S. The van der Waals surface area contributed by atoms with E-state index in [4.69, 9.17) is 39.4 Å². The van der Waals surface area contributed by atoms with Gasteiger partial charge in [-0.1, -0.05) is 6.92 Å². The lowest BCUT2D eigenvalue weighted by Gasteiger charge is -2.28. The van der Waals surface area contributed by atoms with Crippen LogP contribution in [0.4, 0.5) is 0 Å². The molecule has 0 fully saturated rings. The molecule has 0 rings (SSSR count). The standard InChI is InChI=1S/C6H12Cl3NO3S/c1-4(3-7)6(9)10(5(2)8)14(11,12)13/h4-6H,3H2,1-2H3,(H,11,12,13). The number of halogens is 3. The number of hydrogen-bond donors (Lipinski definition) is 1. The fourth-order valence-corrected chi connectivity index (χ4v) is 2.96. The van der Waals surface area contributed by atoms with Gasteiger partial charge in [0.25, 0.3) is 0 Å². The van der Waals surface area contributed by atoms with Gasteiger partial charge in [0.1, 0.15) is 5.50 Å². The van der Waals surface area contributed by atoms with Crippen LogP contribution >= 0.6 is 34.8 Å². The summed E-state index contributed by atoms with van der Waals surface area (Å²) in [5.41, 5.74) is -1.90. The Morgan fingerprint density at radius 3 is 2.00 bits per heavy atom. The normalized spacial score (nSPS) is 19.4. The van der Waals surface area contributed by atoms with Gasteiger partial charge < -0.3 is 0 Å². The van der Waals surface area contributed by atoms with Crippen LogP contribution in [-0.2, 0) is 10.3 Å². The monoisotopic (exact) mass is 283 g/mol. The zero-order valence-electron chi connectivity index (χ0n) is 7.69. The van der Waals surface area contributed by atoms with Crippen LogP contribution in [0, 0.1) is 5.92 Å². The Hall–Kier alpha value is 0.740. The van der Waals surface area contributed by atoms with E-state index in [9.17, 15) is 8.42 Å². The minimum atomic E-state index is -4.41. The molecule has 0 aliphatic carbocycles. The van der Waals surface area contributed by atoms with Gasteiger partial charge >= 0.3 is 10.3 Å². The predicted molar refractivity (Wildman–Crippen MR) is 58.2 cm³/mol. The minimum Gasteiger partial charge on any atom is -0.273 e. The van der Waals surface area contributed by atoms with Gasteiger partial charge in [-0.25, -0.2) is 0 Å². The molecule has 86 valence electrons. The molecule has 1 N–H and O–H groups in total. The highest BCUT2D eigenvalue weighted by Crippen LogP contribution is 2.23. The lowest BCUT2D eigenvalue weighted by molar-refractivity contribution is 0.290. The third kappa shape index (κ3) is 4.08. The molecule has 3 atom stereocenters. The molecule has 8 heteroatoms. The van der Waals surface area contributed by atoms with Crippen molar-refractivity contribution in [2.24, 2.45) is 5.92 Å². The van der Waals surface area contributed by atoms with Gasteiger partial charge in [0, 0.05) is 11.8 Å². The summed E-state index contributed by atoms with van der Waals surface area (Å²) in [6.07, 6.45) is 0. The van der Waals surface area contributed by atoms with Crippen molar-refractivity contribution >= 4 is 45.1 Å². The van der Waals surface area contributed by atoms with E-state index < -0.39 is 21.3 Å². The van der Waals surface area contributed by atoms with Crippen molar-refractivity contribution in [2.75, 3.05) is 5.88 Å². The molecule has 0 saturated heterocycles. The number of hydrogen-bond acceptors (Lipinski definition) is 2. The highest BCUT2D eigenvalue weighted by Gasteiger charge is 2.33. The molecule has 0 bridgehead atoms. The lowest BCUT2D eigenvalue weighted by atomic mass is 10.2. The highest BCUT2D eigenvalue weighted by atomic mass is 35.5. The fraction of sp³-hybridized carbons (Fsp3) is 1.00. The molecule has 0 aliphatic rings. The van der Waals surface area contributed by atoms with E-state index in [1.165, 1.54) is 6.92 Å². The molecule has 0 aromatic heterocycles. The number of nitrogens with zero attached hydrogens (tertiary/aromatic N) is 1. The maximum atomic E-state index is 10.9. The first-order valence-electron chi connectivity index (χ1n) is 3.81. The van der Waals surface area contributed by atoms with E-state index in [2.05, 4.69) is 0 Å². The molecule has 0 saturated carbocycles. The molecule has 3 unspecified atom stereocenters. The zero-order valence-corrected chi connectivity index (χ0v) is 10.8. The maximum absolute atomic E-state index is 10.9. The van der Waals surface area contributed by atoms with Crippen molar-refractivity contribution in [3.63, 3.8) is 0 Å². The Morgan fingerprint density at radius 1 is 1.36 bits per heavy atom. The Bertz CT molecular complexity index is 269. The smallest absolute Gasteiger partial charge is 0.273 e. The average molecular weight is 285 g/mol. The van der Waals surface area contributed by atoms with Crippen molar-refractivity contribution in [2.45, 2.75) is 24.8 Å². The summed E-state index contributed by atoms with van der Waals surface area (Å²) in [5, 5.41) is 0. The molecule has 0 aromatic carbocycles. The molecule has 0 amide bonds. The van der Waals surface area contributed by atoms with E-state index in [-0.39, 0.29) is 11.8 Å². The number of alkyl halides is 3.